The Kier molecular flexibility index (Phi) is 5.01. The summed E-state index contributed by atoms with van der Waals surface area (Å²) in [5.41, 5.74) is 4.63. The molecule has 1 heterocycles. The van der Waals surface area contributed by atoms with Gasteiger partial charge in [-0.15, -0.1) is 0 Å². The molecule has 6 nitrogen and oxygen atoms in total. The third-order valence-electron chi connectivity index (χ3n) is 5.51. The molecule has 0 saturated heterocycles. The minimum atomic E-state index is -0.550. The zero-order valence-corrected chi connectivity index (χ0v) is 16.6. The number of esters is 1. The number of ether oxygens (including phenoxy) is 1. The minimum Gasteiger partial charge on any atom is -0.452 e. The molecule has 1 aromatic heterocycles. The molecule has 0 spiro atoms. The van der Waals surface area contributed by atoms with Crippen molar-refractivity contribution in [1.82, 2.24) is 15.3 Å². The molecule has 0 unspecified atom stereocenters. The van der Waals surface area contributed by atoms with E-state index in [9.17, 15) is 9.59 Å². The van der Waals surface area contributed by atoms with Gasteiger partial charge in [-0.25, -0.2) is 14.8 Å². The van der Waals surface area contributed by atoms with Crippen LogP contribution in [0.25, 0.3) is 11.0 Å². The molecule has 2 aromatic carbocycles. The van der Waals surface area contributed by atoms with Gasteiger partial charge in [-0.05, 0) is 50.5 Å². The van der Waals surface area contributed by atoms with Crippen LogP contribution in [0.5, 0.6) is 0 Å². The van der Waals surface area contributed by atoms with Crippen LogP contribution in [0.1, 0.15) is 40.2 Å². The number of hydrogen-bond donors (Lipinski definition) is 1. The number of aryl methyl sites for hydroxylation is 2. The SMILES string of the molecule is Cc1nc2ccc(C(=O)OCC(=O)NCC3(c4ccccc4)CC3)cc2nc1C. The van der Waals surface area contributed by atoms with E-state index in [-0.39, 0.29) is 17.9 Å². The van der Waals surface area contributed by atoms with Gasteiger partial charge in [0.1, 0.15) is 0 Å². The Bertz CT molecular complexity index is 1080. The first-order chi connectivity index (χ1) is 14.0. The second-order valence-corrected chi connectivity index (χ2v) is 7.60. The number of aromatic nitrogens is 2. The van der Waals surface area contributed by atoms with Gasteiger partial charge in [0.05, 0.1) is 28.0 Å². The largest absolute Gasteiger partial charge is 0.452 e. The van der Waals surface area contributed by atoms with Gasteiger partial charge in [-0.1, -0.05) is 30.3 Å². The first-order valence-electron chi connectivity index (χ1n) is 9.71. The predicted octanol–water partition coefficient (Wildman–Crippen LogP) is 3.25. The second-order valence-electron chi connectivity index (χ2n) is 7.60. The molecular weight excluding hydrogens is 366 g/mol. The van der Waals surface area contributed by atoms with Gasteiger partial charge >= 0.3 is 5.97 Å². The standard InChI is InChI=1S/C23H23N3O3/c1-15-16(2)26-20-12-17(8-9-19(20)25-15)22(28)29-13-21(27)24-14-23(10-11-23)18-6-4-3-5-7-18/h3-9,12H,10-11,13-14H2,1-2H3,(H,24,27). The van der Waals surface area contributed by atoms with E-state index in [2.05, 4.69) is 27.4 Å². The molecule has 1 amide bonds. The number of amides is 1. The molecule has 1 aliphatic rings. The van der Waals surface area contributed by atoms with Crippen molar-refractivity contribution < 1.29 is 14.3 Å². The van der Waals surface area contributed by atoms with Crippen molar-refractivity contribution >= 4 is 22.9 Å². The van der Waals surface area contributed by atoms with Gasteiger partial charge < -0.3 is 10.1 Å². The third-order valence-corrected chi connectivity index (χ3v) is 5.51. The Morgan fingerprint density at radius 1 is 1.00 bits per heavy atom. The summed E-state index contributed by atoms with van der Waals surface area (Å²) >= 11 is 0. The summed E-state index contributed by atoms with van der Waals surface area (Å²) in [5.74, 6) is -0.848. The van der Waals surface area contributed by atoms with Crippen LogP contribution in [0.4, 0.5) is 0 Å². The van der Waals surface area contributed by atoms with Crippen LogP contribution in [0, 0.1) is 13.8 Å². The van der Waals surface area contributed by atoms with E-state index in [4.69, 9.17) is 4.74 Å². The van der Waals surface area contributed by atoms with Gasteiger partial charge in [-0.2, -0.15) is 0 Å². The number of hydrogen-bond acceptors (Lipinski definition) is 5. The summed E-state index contributed by atoms with van der Waals surface area (Å²) in [4.78, 5) is 33.4. The molecule has 4 rings (SSSR count). The highest BCUT2D eigenvalue weighted by atomic mass is 16.5. The van der Waals surface area contributed by atoms with Gasteiger partial charge in [0.15, 0.2) is 6.61 Å². The summed E-state index contributed by atoms with van der Waals surface area (Å²) in [6, 6.07) is 15.2. The summed E-state index contributed by atoms with van der Waals surface area (Å²) in [5, 5.41) is 2.90. The number of nitrogens with one attached hydrogen (secondary N) is 1. The smallest absolute Gasteiger partial charge is 0.338 e. The summed E-state index contributed by atoms with van der Waals surface area (Å²) in [6.07, 6.45) is 2.10. The van der Waals surface area contributed by atoms with Gasteiger partial charge in [0, 0.05) is 12.0 Å². The Labute approximate surface area is 169 Å². The van der Waals surface area contributed by atoms with Crippen molar-refractivity contribution in [3.63, 3.8) is 0 Å². The number of rotatable bonds is 6. The minimum absolute atomic E-state index is 0.0218. The molecule has 1 aliphatic carbocycles. The average Bonchev–Trinajstić information content (AvgIpc) is 3.53. The molecule has 3 aromatic rings. The van der Waals surface area contributed by atoms with E-state index in [1.807, 2.05) is 32.0 Å². The first-order valence-corrected chi connectivity index (χ1v) is 9.71. The lowest BCUT2D eigenvalue weighted by molar-refractivity contribution is -0.124. The fourth-order valence-electron chi connectivity index (χ4n) is 3.40. The van der Waals surface area contributed by atoms with Gasteiger partial charge in [0.2, 0.25) is 0 Å². The van der Waals surface area contributed by atoms with Gasteiger partial charge in [-0.3, -0.25) is 4.79 Å². The van der Waals surface area contributed by atoms with E-state index >= 15 is 0 Å². The Morgan fingerprint density at radius 3 is 2.38 bits per heavy atom. The van der Waals surface area contributed by atoms with Crippen LogP contribution in [0.15, 0.2) is 48.5 Å². The molecule has 0 atom stereocenters. The number of carbonyl (C=O) groups excluding carboxylic acids is 2. The van der Waals surface area contributed by atoms with Crippen LogP contribution in [-0.4, -0.2) is 35.0 Å². The van der Waals surface area contributed by atoms with E-state index in [0.29, 0.717) is 17.6 Å². The van der Waals surface area contributed by atoms with E-state index in [0.717, 1.165) is 29.7 Å². The van der Waals surface area contributed by atoms with Crippen molar-refractivity contribution in [2.24, 2.45) is 0 Å². The highest BCUT2D eigenvalue weighted by Gasteiger charge is 2.44. The molecular formula is C23H23N3O3. The summed E-state index contributed by atoms with van der Waals surface area (Å²) in [7, 11) is 0. The van der Waals surface area contributed by atoms with E-state index in [1.165, 1.54) is 5.56 Å². The lowest BCUT2D eigenvalue weighted by atomic mass is 9.96. The molecule has 1 saturated carbocycles. The molecule has 1 N–H and O–H groups in total. The van der Waals surface area contributed by atoms with Crippen molar-refractivity contribution in [2.45, 2.75) is 32.1 Å². The maximum absolute atomic E-state index is 12.3. The Hall–Kier alpha value is -3.28. The second kappa shape index (κ2) is 7.62. The summed E-state index contributed by atoms with van der Waals surface area (Å²) in [6.45, 7) is 4.02. The number of benzene rings is 2. The molecule has 0 bridgehead atoms. The zero-order chi connectivity index (χ0) is 20.4. The average molecular weight is 389 g/mol. The number of nitrogens with zero attached hydrogens (tertiary/aromatic N) is 2. The van der Waals surface area contributed by atoms with Gasteiger partial charge in [0.25, 0.3) is 5.91 Å². The third kappa shape index (κ3) is 4.11. The first kappa shape index (κ1) is 19.1. The maximum Gasteiger partial charge on any atom is 0.338 e. The van der Waals surface area contributed by atoms with Crippen molar-refractivity contribution in [3.05, 3.63) is 71.0 Å². The van der Waals surface area contributed by atoms with Crippen molar-refractivity contribution in [2.75, 3.05) is 13.2 Å². The molecule has 29 heavy (non-hydrogen) atoms. The topological polar surface area (TPSA) is 81.2 Å². The summed E-state index contributed by atoms with van der Waals surface area (Å²) < 4.78 is 5.18. The monoisotopic (exact) mass is 389 g/mol. The molecule has 0 aliphatic heterocycles. The van der Waals surface area contributed by atoms with Crippen LogP contribution in [0.2, 0.25) is 0 Å². The molecule has 148 valence electrons. The normalized spacial score (nSPS) is 14.4. The highest BCUT2D eigenvalue weighted by Crippen LogP contribution is 2.47. The lowest BCUT2D eigenvalue weighted by Crippen LogP contribution is -2.35. The van der Waals surface area contributed by atoms with Crippen LogP contribution in [0.3, 0.4) is 0 Å². The van der Waals surface area contributed by atoms with Crippen LogP contribution >= 0.6 is 0 Å². The Balaban J connectivity index is 1.33. The number of carbonyl (C=O) groups is 2. The van der Waals surface area contributed by atoms with Crippen molar-refractivity contribution in [3.8, 4) is 0 Å². The molecule has 6 heteroatoms. The fraction of sp³-hybridized carbons (Fsp3) is 0.304. The zero-order valence-electron chi connectivity index (χ0n) is 16.6. The van der Waals surface area contributed by atoms with Crippen LogP contribution in [-0.2, 0) is 14.9 Å². The van der Waals surface area contributed by atoms with E-state index < -0.39 is 5.97 Å². The highest BCUT2D eigenvalue weighted by molar-refractivity contribution is 5.94. The van der Waals surface area contributed by atoms with E-state index in [1.54, 1.807) is 18.2 Å². The lowest BCUT2D eigenvalue weighted by Gasteiger charge is -2.16. The predicted molar refractivity (Wildman–Crippen MR) is 110 cm³/mol. The number of fused-ring (bicyclic) bond motifs is 1. The van der Waals surface area contributed by atoms with Crippen molar-refractivity contribution in [1.29, 1.82) is 0 Å². The van der Waals surface area contributed by atoms with Crippen LogP contribution < -0.4 is 5.32 Å². The maximum atomic E-state index is 12.3. The molecule has 1 fully saturated rings. The Morgan fingerprint density at radius 2 is 1.69 bits per heavy atom. The molecule has 0 radical (unpaired) electrons. The fourth-order valence-corrected chi connectivity index (χ4v) is 3.40. The quantitative estimate of drug-likeness (QED) is 0.655.